The first-order chi connectivity index (χ1) is 9.19. The zero-order chi connectivity index (χ0) is 13.8. The minimum absolute atomic E-state index is 0.551. The predicted molar refractivity (Wildman–Crippen MR) is 83.4 cm³/mol. The fourth-order valence-corrected chi connectivity index (χ4v) is 3.10. The first kappa shape index (κ1) is 14.8. The third kappa shape index (κ3) is 3.50. The Labute approximate surface area is 124 Å². The van der Waals surface area contributed by atoms with Gasteiger partial charge in [0.15, 0.2) is 0 Å². The predicted octanol–water partition coefficient (Wildman–Crippen LogP) is 3.16. The molecular weight excluding hydrogens is 304 g/mol. The molecule has 0 spiro atoms. The average Bonchev–Trinajstić information content (AvgIpc) is 3.23. The standard InChI is InChI=1S/C15H23BrN2O/c1-11(12-6-7-12)18(8-9-19-2)15-5-3-4-14(16)13(15)10-17/h3-5,11-12H,6-10,17H2,1-2H3. The quantitative estimate of drug-likeness (QED) is 0.836. The third-order valence-corrected chi connectivity index (χ3v) is 4.68. The second-order valence-electron chi connectivity index (χ2n) is 5.21. The Morgan fingerprint density at radius 2 is 2.21 bits per heavy atom. The maximum Gasteiger partial charge on any atom is 0.0637 e. The second-order valence-corrected chi connectivity index (χ2v) is 6.06. The van der Waals surface area contributed by atoms with Crippen LogP contribution in [0.1, 0.15) is 25.3 Å². The number of halogens is 1. The van der Waals surface area contributed by atoms with E-state index in [9.17, 15) is 0 Å². The molecule has 1 atom stereocenters. The molecule has 1 aromatic rings. The second kappa shape index (κ2) is 6.73. The lowest BCUT2D eigenvalue weighted by Crippen LogP contribution is -2.38. The van der Waals surface area contributed by atoms with E-state index in [1.807, 2.05) is 0 Å². The van der Waals surface area contributed by atoms with Crippen LogP contribution in [0.4, 0.5) is 5.69 Å². The summed E-state index contributed by atoms with van der Waals surface area (Å²) in [5.74, 6) is 0.821. The van der Waals surface area contributed by atoms with Crippen molar-refractivity contribution >= 4 is 21.6 Å². The average molecular weight is 327 g/mol. The summed E-state index contributed by atoms with van der Waals surface area (Å²) in [7, 11) is 1.75. The number of ether oxygens (including phenoxy) is 1. The molecule has 2 N–H and O–H groups in total. The molecule has 4 heteroatoms. The summed E-state index contributed by atoms with van der Waals surface area (Å²) in [6.07, 6.45) is 2.69. The van der Waals surface area contributed by atoms with E-state index < -0.39 is 0 Å². The number of hydrogen-bond donors (Lipinski definition) is 1. The number of benzene rings is 1. The Balaban J connectivity index is 2.28. The van der Waals surface area contributed by atoms with E-state index in [-0.39, 0.29) is 0 Å². The maximum atomic E-state index is 5.92. The third-order valence-electron chi connectivity index (χ3n) is 3.94. The highest BCUT2D eigenvalue weighted by Crippen LogP contribution is 2.38. The smallest absolute Gasteiger partial charge is 0.0637 e. The molecule has 0 aliphatic heterocycles. The number of methoxy groups -OCH3 is 1. The minimum Gasteiger partial charge on any atom is -0.383 e. The molecule has 19 heavy (non-hydrogen) atoms. The minimum atomic E-state index is 0.551. The molecule has 2 rings (SSSR count). The molecule has 1 fully saturated rings. The number of nitrogens with two attached hydrogens (primary N) is 1. The normalized spacial score (nSPS) is 16.4. The van der Waals surface area contributed by atoms with Crippen LogP contribution in [-0.2, 0) is 11.3 Å². The lowest BCUT2D eigenvalue weighted by Gasteiger charge is -2.33. The van der Waals surface area contributed by atoms with Gasteiger partial charge >= 0.3 is 0 Å². The molecule has 3 nitrogen and oxygen atoms in total. The highest BCUT2D eigenvalue weighted by Gasteiger charge is 2.32. The Kier molecular flexibility index (Phi) is 5.25. The van der Waals surface area contributed by atoms with Gasteiger partial charge in [-0.3, -0.25) is 0 Å². The van der Waals surface area contributed by atoms with Crippen LogP contribution >= 0.6 is 15.9 Å². The van der Waals surface area contributed by atoms with Gasteiger partial charge in [-0.25, -0.2) is 0 Å². The van der Waals surface area contributed by atoms with Crippen molar-refractivity contribution < 1.29 is 4.74 Å². The Bertz CT molecular complexity index is 421. The summed E-state index contributed by atoms with van der Waals surface area (Å²) in [5, 5.41) is 0. The Hall–Kier alpha value is -0.580. The van der Waals surface area contributed by atoms with Crippen molar-refractivity contribution in [3.05, 3.63) is 28.2 Å². The number of hydrogen-bond acceptors (Lipinski definition) is 3. The molecule has 0 saturated heterocycles. The van der Waals surface area contributed by atoms with E-state index in [2.05, 4.69) is 46.0 Å². The van der Waals surface area contributed by atoms with E-state index in [1.54, 1.807) is 7.11 Å². The fraction of sp³-hybridized carbons (Fsp3) is 0.600. The van der Waals surface area contributed by atoms with Gasteiger partial charge in [0.2, 0.25) is 0 Å². The Morgan fingerprint density at radius 1 is 1.47 bits per heavy atom. The van der Waals surface area contributed by atoms with Crippen molar-refractivity contribution in [2.24, 2.45) is 11.7 Å². The summed E-state index contributed by atoms with van der Waals surface area (Å²) < 4.78 is 6.36. The van der Waals surface area contributed by atoms with Gasteiger partial charge in [-0.15, -0.1) is 0 Å². The van der Waals surface area contributed by atoms with Gasteiger partial charge in [-0.2, -0.15) is 0 Å². The SMILES string of the molecule is COCCN(c1cccc(Br)c1CN)C(C)C1CC1. The summed E-state index contributed by atoms with van der Waals surface area (Å²) in [5.41, 5.74) is 8.35. The van der Waals surface area contributed by atoms with Crippen molar-refractivity contribution in [2.75, 3.05) is 25.2 Å². The van der Waals surface area contributed by atoms with Crippen LogP contribution in [0.2, 0.25) is 0 Å². The monoisotopic (exact) mass is 326 g/mol. The molecule has 1 aromatic carbocycles. The zero-order valence-corrected chi connectivity index (χ0v) is 13.3. The number of anilines is 1. The van der Waals surface area contributed by atoms with Crippen molar-refractivity contribution in [3.63, 3.8) is 0 Å². The largest absolute Gasteiger partial charge is 0.383 e. The molecule has 0 amide bonds. The van der Waals surface area contributed by atoms with Gasteiger partial charge in [-0.05, 0) is 37.8 Å². The molecular formula is C15H23BrN2O. The summed E-state index contributed by atoms with van der Waals surface area (Å²) in [6, 6.07) is 6.86. The van der Waals surface area contributed by atoms with Crippen LogP contribution in [0.3, 0.4) is 0 Å². The first-order valence-electron chi connectivity index (χ1n) is 6.92. The topological polar surface area (TPSA) is 38.5 Å². The van der Waals surface area contributed by atoms with Crippen LogP contribution in [0.25, 0.3) is 0 Å². The van der Waals surface area contributed by atoms with Gasteiger partial charge < -0.3 is 15.4 Å². The van der Waals surface area contributed by atoms with Crippen LogP contribution in [0.15, 0.2) is 22.7 Å². The van der Waals surface area contributed by atoms with E-state index >= 15 is 0 Å². The number of rotatable bonds is 7. The maximum absolute atomic E-state index is 5.92. The number of nitrogens with zero attached hydrogens (tertiary/aromatic N) is 1. The highest BCUT2D eigenvalue weighted by atomic mass is 79.9. The summed E-state index contributed by atoms with van der Waals surface area (Å²) >= 11 is 3.61. The molecule has 1 saturated carbocycles. The highest BCUT2D eigenvalue weighted by molar-refractivity contribution is 9.10. The lowest BCUT2D eigenvalue weighted by atomic mass is 10.1. The van der Waals surface area contributed by atoms with Crippen molar-refractivity contribution in [1.29, 1.82) is 0 Å². The van der Waals surface area contributed by atoms with Crippen LogP contribution in [0, 0.1) is 5.92 Å². The zero-order valence-electron chi connectivity index (χ0n) is 11.7. The molecule has 0 radical (unpaired) electrons. The van der Waals surface area contributed by atoms with Gasteiger partial charge in [0.25, 0.3) is 0 Å². The molecule has 1 aliphatic carbocycles. The molecule has 0 aromatic heterocycles. The van der Waals surface area contributed by atoms with E-state index in [1.165, 1.54) is 24.1 Å². The van der Waals surface area contributed by atoms with Crippen molar-refractivity contribution in [3.8, 4) is 0 Å². The van der Waals surface area contributed by atoms with Gasteiger partial charge in [0, 0.05) is 42.0 Å². The van der Waals surface area contributed by atoms with Crippen LogP contribution < -0.4 is 10.6 Å². The lowest BCUT2D eigenvalue weighted by molar-refractivity contribution is 0.202. The Morgan fingerprint density at radius 3 is 2.79 bits per heavy atom. The van der Waals surface area contributed by atoms with Gasteiger partial charge in [-0.1, -0.05) is 22.0 Å². The van der Waals surface area contributed by atoms with Crippen LogP contribution in [-0.4, -0.2) is 26.3 Å². The molecule has 0 bridgehead atoms. The molecule has 106 valence electrons. The van der Waals surface area contributed by atoms with Crippen molar-refractivity contribution in [1.82, 2.24) is 0 Å². The van der Waals surface area contributed by atoms with Crippen molar-refractivity contribution in [2.45, 2.75) is 32.4 Å². The van der Waals surface area contributed by atoms with Gasteiger partial charge in [0.1, 0.15) is 0 Å². The summed E-state index contributed by atoms with van der Waals surface area (Å²) in [6.45, 7) is 4.53. The first-order valence-corrected chi connectivity index (χ1v) is 7.71. The van der Waals surface area contributed by atoms with E-state index in [0.717, 1.165) is 23.5 Å². The van der Waals surface area contributed by atoms with Gasteiger partial charge in [0.05, 0.1) is 6.61 Å². The van der Waals surface area contributed by atoms with E-state index in [0.29, 0.717) is 12.6 Å². The molecule has 1 unspecified atom stereocenters. The van der Waals surface area contributed by atoms with Crippen LogP contribution in [0.5, 0.6) is 0 Å². The van der Waals surface area contributed by atoms with E-state index in [4.69, 9.17) is 10.5 Å². The fourth-order valence-electron chi connectivity index (χ4n) is 2.58. The summed E-state index contributed by atoms with van der Waals surface area (Å²) in [4.78, 5) is 2.45. The molecule has 1 aliphatic rings. The molecule has 0 heterocycles.